The van der Waals surface area contributed by atoms with Gasteiger partial charge >= 0.3 is 0 Å². The van der Waals surface area contributed by atoms with Gasteiger partial charge in [-0.1, -0.05) is 13.8 Å². The van der Waals surface area contributed by atoms with Gasteiger partial charge in [-0.05, 0) is 18.8 Å². The van der Waals surface area contributed by atoms with Gasteiger partial charge in [0.2, 0.25) is 5.88 Å². The fourth-order valence-electron chi connectivity index (χ4n) is 1.74. The number of aromatic nitrogens is 2. The van der Waals surface area contributed by atoms with E-state index >= 15 is 0 Å². The van der Waals surface area contributed by atoms with Crippen molar-refractivity contribution in [2.75, 3.05) is 25.6 Å². The Morgan fingerprint density at radius 2 is 2.11 bits per heavy atom. The zero-order valence-corrected chi connectivity index (χ0v) is 12.0. The minimum absolute atomic E-state index is 0.511. The molecule has 2 rings (SSSR count). The maximum Gasteiger partial charge on any atom is 0.218 e. The Kier molecular flexibility index (Phi) is 4.96. The minimum atomic E-state index is 0.511. The SMILES string of the molecule is COCCOc1cc(NC2CC2)nc(CC(C)C)n1. The van der Waals surface area contributed by atoms with Gasteiger partial charge in [0.25, 0.3) is 0 Å². The predicted octanol–water partition coefficient (Wildman–Crippen LogP) is 2.27. The minimum Gasteiger partial charge on any atom is -0.475 e. The summed E-state index contributed by atoms with van der Waals surface area (Å²) in [7, 11) is 1.66. The van der Waals surface area contributed by atoms with Crippen molar-refractivity contribution in [2.24, 2.45) is 5.92 Å². The van der Waals surface area contributed by atoms with Crippen molar-refractivity contribution in [2.45, 2.75) is 39.2 Å². The summed E-state index contributed by atoms with van der Waals surface area (Å²) in [5.74, 6) is 2.88. The van der Waals surface area contributed by atoms with Gasteiger partial charge in [0.05, 0.1) is 6.61 Å². The van der Waals surface area contributed by atoms with E-state index in [-0.39, 0.29) is 0 Å². The van der Waals surface area contributed by atoms with Gasteiger partial charge in [0, 0.05) is 25.6 Å². The second-order valence-electron chi connectivity index (χ2n) is 5.37. The summed E-state index contributed by atoms with van der Waals surface area (Å²) in [6.45, 7) is 5.40. The Labute approximate surface area is 114 Å². The third-order valence-electron chi connectivity index (χ3n) is 2.81. The van der Waals surface area contributed by atoms with E-state index in [4.69, 9.17) is 9.47 Å². The van der Waals surface area contributed by atoms with Crippen LogP contribution in [0, 0.1) is 5.92 Å². The number of rotatable bonds is 8. The van der Waals surface area contributed by atoms with Crippen molar-refractivity contribution in [3.63, 3.8) is 0 Å². The molecule has 0 unspecified atom stereocenters. The summed E-state index contributed by atoms with van der Waals surface area (Å²) in [6, 6.07) is 2.45. The molecule has 1 N–H and O–H groups in total. The quantitative estimate of drug-likeness (QED) is 0.731. The Balaban J connectivity index is 2.05. The van der Waals surface area contributed by atoms with Crippen LogP contribution in [0.1, 0.15) is 32.5 Å². The maximum atomic E-state index is 5.60. The molecule has 5 heteroatoms. The lowest BCUT2D eigenvalue weighted by Crippen LogP contribution is -2.11. The van der Waals surface area contributed by atoms with Crippen LogP contribution in [-0.4, -0.2) is 36.3 Å². The first-order valence-corrected chi connectivity index (χ1v) is 6.93. The molecule has 1 heterocycles. The van der Waals surface area contributed by atoms with Crippen LogP contribution in [0.25, 0.3) is 0 Å². The normalized spacial score (nSPS) is 14.7. The molecule has 106 valence electrons. The van der Waals surface area contributed by atoms with E-state index in [9.17, 15) is 0 Å². The highest BCUT2D eigenvalue weighted by Gasteiger charge is 2.22. The van der Waals surface area contributed by atoms with Crippen LogP contribution in [0.2, 0.25) is 0 Å². The molecule has 0 aromatic carbocycles. The van der Waals surface area contributed by atoms with Crippen LogP contribution in [-0.2, 0) is 11.2 Å². The molecule has 1 aliphatic rings. The standard InChI is InChI=1S/C14H23N3O2/c1-10(2)8-12-16-13(15-11-4-5-11)9-14(17-12)19-7-6-18-3/h9-11H,4-8H2,1-3H3,(H,15,16,17). The lowest BCUT2D eigenvalue weighted by atomic mass is 10.1. The van der Waals surface area contributed by atoms with Crippen molar-refractivity contribution in [3.05, 3.63) is 11.9 Å². The Bertz CT molecular complexity index is 383. The second-order valence-corrected chi connectivity index (χ2v) is 5.37. The van der Waals surface area contributed by atoms with E-state index in [1.54, 1.807) is 7.11 Å². The Morgan fingerprint density at radius 3 is 2.74 bits per heavy atom. The molecule has 0 aliphatic heterocycles. The van der Waals surface area contributed by atoms with Gasteiger partial charge in [0.15, 0.2) is 0 Å². The van der Waals surface area contributed by atoms with Crippen molar-refractivity contribution >= 4 is 5.82 Å². The highest BCUT2D eigenvalue weighted by molar-refractivity contribution is 5.40. The first-order chi connectivity index (χ1) is 9.17. The number of nitrogens with one attached hydrogen (secondary N) is 1. The summed E-state index contributed by atoms with van der Waals surface area (Å²) >= 11 is 0. The summed E-state index contributed by atoms with van der Waals surface area (Å²) in [5.41, 5.74) is 0. The van der Waals surface area contributed by atoms with Crippen LogP contribution >= 0.6 is 0 Å². The number of methoxy groups -OCH3 is 1. The highest BCUT2D eigenvalue weighted by Crippen LogP contribution is 2.25. The van der Waals surface area contributed by atoms with Crippen molar-refractivity contribution < 1.29 is 9.47 Å². The largest absolute Gasteiger partial charge is 0.475 e. The van der Waals surface area contributed by atoms with Crippen molar-refractivity contribution in [1.29, 1.82) is 0 Å². The molecular formula is C14H23N3O2. The molecule has 0 atom stereocenters. The van der Waals surface area contributed by atoms with Gasteiger partial charge in [-0.2, -0.15) is 4.98 Å². The first kappa shape index (κ1) is 14.1. The number of ether oxygens (including phenoxy) is 2. The highest BCUT2D eigenvalue weighted by atomic mass is 16.5. The summed E-state index contributed by atoms with van der Waals surface area (Å²) in [6.07, 6.45) is 3.31. The Morgan fingerprint density at radius 1 is 1.32 bits per heavy atom. The molecule has 0 amide bonds. The number of anilines is 1. The van der Waals surface area contributed by atoms with E-state index in [1.165, 1.54) is 12.8 Å². The van der Waals surface area contributed by atoms with Gasteiger partial charge in [0.1, 0.15) is 18.2 Å². The first-order valence-electron chi connectivity index (χ1n) is 6.93. The van der Waals surface area contributed by atoms with Crippen LogP contribution in [0.4, 0.5) is 5.82 Å². The summed E-state index contributed by atoms with van der Waals surface area (Å²) < 4.78 is 10.6. The van der Waals surface area contributed by atoms with E-state index in [0.717, 1.165) is 18.1 Å². The van der Waals surface area contributed by atoms with E-state index < -0.39 is 0 Å². The smallest absolute Gasteiger partial charge is 0.218 e. The van der Waals surface area contributed by atoms with Gasteiger partial charge < -0.3 is 14.8 Å². The molecule has 1 aromatic heterocycles. The van der Waals surface area contributed by atoms with Crippen LogP contribution < -0.4 is 10.1 Å². The zero-order chi connectivity index (χ0) is 13.7. The zero-order valence-electron chi connectivity index (χ0n) is 12.0. The molecule has 0 radical (unpaired) electrons. The average molecular weight is 265 g/mol. The fraction of sp³-hybridized carbons (Fsp3) is 0.714. The van der Waals surface area contributed by atoms with Gasteiger partial charge in [-0.25, -0.2) is 4.98 Å². The van der Waals surface area contributed by atoms with Crippen molar-refractivity contribution in [3.8, 4) is 5.88 Å². The fourth-order valence-corrected chi connectivity index (χ4v) is 1.74. The monoisotopic (exact) mass is 265 g/mol. The summed E-state index contributed by atoms with van der Waals surface area (Å²) in [4.78, 5) is 8.99. The maximum absolute atomic E-state index is 5.60. The predicted molar refractivity (Wildman–Crippen MR) is 74.6 cm³/mol. The molecule has 1 saturated carbocycles. The van der Waals surface area contributed by atoms with E-state index in [0.29, 0.717) is 31.1 Å². The lowest BCUT2D eigenvalue weighted by Gasteiger charge is -2.11. The number of hydrogen-bond acceptors (Lipinski definition) is 5. The third kappa shape index (κ3) is 5.03. The van der Waals surface area contributed by atoms with Gasteiger partial charge in [-0.3, -0.25) is 0 Å². The summed E-state index contributed by atoms with van der Waals surface area (Å²) in [5, 5.41) is 3.40. The van der Waals surface area contributed by atoms with Crippen LogP contribution in [0.3, 0.4) is 0 Å². The topological polar surface area (TPSA) is 56.3 Å². The molecule has 0 saturated heterocycles. The van der Waals surface area contributed by atoms with Crippen molar-refractivity contribution in [1.82, 2.24) is 9.97 Å². The number of hydrogen-bond donors (Lipinski definition) is 1. The van der Waals surface area contributed by atoms with E-state index in [1.807, 2.05) is 6.07 Å². The van der Waals surface area contributed by atoms with Gasteiger partial charge in [-0.15, -0.1) is 0 Å². The second kappa shape index (κ2) is 6.70. The van der Waals surface area contributed by atoms with Crippen LogP contribution in [0.15, 0.2) is 6.07 Å². The average Bonchev–Trinajstić information content (AvgIpc) is 3.12. The molecule has 19 heavy (non-hydrogen) atoms. The molecule has 0 spiro atoms. The number of nitrogens with zero attached hydrogens (tertiary/aromatic N) is 2. The van der Waals surface area contributed by atoms with E-state index in [2.05, 4.69) is 29.1 Å². The molecule has 5 nitrogen and oxygen atoms in total. The molecule has 1 aliphatic carbocycles. The third-order valence-corrected chi connectivity index (χ3v) is 2.81. The lowest BCUT2D eigenvalue weighted by molar-refractivity contribution is 0.143. The van der Waals surface area contributed by atoms with Crippen LogP contribution in [0.5, 0.6) is 5.88 Å². The molecule has 1 fully saturated rings. The Hall–Kier alpha value is -1.36. The molecular weight excluding hydrogens is 242 g/mol. The molecule has 0 bridgehead atoms. The molecule has 1 aromatic rings.